The molecule has 0 aliphatic rings. The lowest BCUT2D eigenvalue weighted by molar-refractivity contribution is 0.307. The first-order chi connectivity index (χ1) is 13.2. The zero-order chi connectivity index (χ0) is 21.9. The molecular formula is C23H23F3O2. The number of methoxy groups -OCH3 is 1. The van der Waals surface area contributed by atoms with Gasteiger partial charge in [-0.25, -0.2) is 8.78 Å². The summed E-state index contributed by atoms with van der Waals surface area (Å²) < 4.78 is 45.5. The number of halogens is 3. The fourth-order valence-corrected chi connectivity index (χ4v) is 1.68. The van der Waals surface area contributed by atoms with Crippen molar-refractivity contribution in [3.63, 3.8) is 0 Å². The Morgan fingerprint density at radius 1 is 1.00 bits per heavy atom. The minimum Gasteiger partial charge on any atom is -0.505 e. The van der Waals surface area contributed by atoms with Crippen molar-refractivity contribution < 1.29 is 23.0 Å². The number of aromatic hydroxyl groups is 1. The number of benzene rings is 1. The van der Waals surface area contributed by atoms with Crippen LogP contribution < -0.4 is 0 Å². The quantitative estimate of drug-likeness (QED) is 0.304. The second-order valence-electron chi connectivity index (χ2n) is 5.21. The van der Waals surface area contributed by atoms with E-state index in [-0.39, 0.29) is 16.9 Å². The number of phenolic OH excluding ortho intramolecular Hbond substituents is 1. The van der Waals surface area contributed by atoms with Crippen LogP contribution in [-0.2, 0) is 4.74 Å². The Hall–Kier alpha value is -3.47. The molecule has 0 fully saturated rings. The molecule has 1 N–H and O–H groups in total. The van der Waals surface area contributed by atoms with Gasteiger partial charge in [-0.2, -0.15) is 4.39 Å². The van der Waals surface area contributed by atoms with E-state index in [1.807, 2.05) is 0 Å². The Morgan fingerprint density at radius 2 is 1.61 bits per heavy atom. The van der Waals surface area contributed by atoms with Gasteiger partial charge < -0.3 is 9.84 Å². The molecule has 1 rings (SSSR count). The van der Waals surface area contributed by atoms with Crippen molar-refractivity contribution in [2.24, 2.45) is 0 Å². The van der Waals surface area contributed by atoms with E-state index in [0.717, 1.165) is 12.1 Å². The third-order valence-corrected chi connectivity index (χ3v) is 3.29. The second-order valence-corrected chi connectivity index (χ2v) is 5.21. The molecule has 0 spiro atoms. The van der Waals surface area contributed by atoms with Crippen molar-refractivity contribution in [2.45, 2.75) is 0 Å². The Bertz CT molecular complexity index is 859. The maximum atomic E-state index is 13.9. The van der Waals surface area contributed by atoms with Gasteiger partial charge in [-0.05, 0) is 23.3 Å². The summed E-state index contributed by atoms with van der Waals surface area (Å²) in [5.74, 6) is -3.76. The van der Waals surface area contributed by atoms with Gasteiger partial charge >= 0.3 is 0 Å². The largest absolute Gasteiger partial charge is 0.505 e. The maximum absolute atomic E-state index is 13.9. The molecule has 0 aromatic heterocycles. The Kier molecular flexibility index (Phi) is 10.5. The van der Waals surface area contributed by atoms with Gasteiger partial charge in [0, 0.05) is 17.2 Å². The van der Waals surface area contributed by atoms with Gasteiger partial charge in [0.25, 0.3) is 0 Å². The van der Waals surface area contributed by atoms with Crippen molar-refractivity contribution in [3.05, 3.63) is 121 Å². The van der Waals surface area contributed by atoms with Crippen molar-refractivity contribution in [2.75, 3.05) is 7.11 Å². The monoisotopic (exact) mass is 388 g/mol. The van der Waals surface area contributed by atoms with Gasteiger partial charge in [0.1, 0.15) is 11.6 Å². The van der Waals surface area contributed by atoms with Crippen LogP contribution >= 0.6 is 0 Å². The topological polar surface area (TPSA) is 29.5 Å². The lowest BCUT2D eigenvalue weighted by Gasteiger charge is -2.04. The molecule has 2 nitrogen and oxygen atoms in total. The molecule has 0 aliphatic heterocycles. The number of phenols is 1. The summed E-state index contributed by atoms with van der Waals surface area (Å²) in [5, 5.41) is 9.08. The minimum atomic E-state index is -1.32. The van der Waals surface area contributed by atoms with Crippen LogP contribution in [0.2, 0.25) is 0 Å². The van der Waals surface area contributed by atoms with E-state index in [9.17, 15) is 13.2 Å². The first-order valence-corrected chi connectivity index (χ1v) is 7.88. The summed E-state index contributed by atoms with van der Waals surface area (Å²) >= 11 is 0. The van der Waals surface area contributed by atoms with Gasteiger partial charge in [-0.3, -0.25) is 0 Å². The molecular weight excluding hydrogens is 365 g/mol. The van der Waals surface area contributed by atoms with Crippen LogP contribution in [0, 0.1) is 11.6 Å². The highest BCUT2D eigenvalue weighted by molar-refractivity contribution is 5.57. The van der Waals surface area contributed by atoms with E-state index in [2.05, 4.69) is 39.5 Å². The number of allylic oxidation sites excluding steroid dienone is 8. The zero-order valence-electron chi connectivity index (χ0n) is 15.8. The summed E-state index contributed by atoms with van der Waals surface area (Å²) in [4.78, 5) is 0. The van der Waals surface area contributed by atoms with Gasteiger partial charge in [-0.1, -0.05) is 50.6 Å². The lowest BCUT2D eigenvalue weighted by atomic mass is 10.1. The molecule has 0 unspecified atom stereocenters. The predicted octanol–water partition coefficient (Wildman–Crippen LogP) is 6.72. The molecule has 28 heavy (non-hydrogen) atoms. The molecule has 148 valence electrons. The second kappa shape index (κ2) is 12.0. The molecule has 0 saturated carbocycles. The van der Waals surface area contributed by atoms with Crippen LogP contribution in [0.4, 0.5) is 13.2 Å². The molecule has 5 heteroatoms. The standard InChI is InChI=1S/C21H19F3O2.C2H4/c1-13(7-9-17-10-11-19(25)21(24)20(17)23)6-8-14(2)16(4)18(22)12-15(3)26-5;1-2/h6-12,25H,1-4H2,5H3;1-2H2/b8-6-,9-7+,18-12+;. The summed E-state index contributed by atoms with van der Waals surface area (Å²) in [5.41, 5.74) is 0.713. The van der Waals surface area contributed by atoms with E-state index >= 15 is 0 Å². The van der Waals surface area contributed by atoms with Crippen LogP contribution in [-0.4, -0.2) is 12.2 Å². The highest BCUT2D eigenvalue weighted by Gasteiger charge is 2.10. The number of hydrogen-bond donors (Lipinski definition) is 1. The molecule has 0 heterocycles. The average Bonchev–Trinajstić information content (AvgIpc) is 2.70. The first kappa shape index (κ1) is 24.5. The van der Waals surface area contributed by atoms with E-state index in [0.29, 0.717) is 11.1 Å². The van der Waals surface area contributed by atoms with Crippen LogP contribution in [0.15, 0.2) is 104 Å². The maximum Gasteiger partial charge on any atom is 0.200 e. The van der Waals surface area contributed by atoms with Crippen LogP contribution in [0.25, 0.3) is 6.08 Å². The Balaban J connectivity index is 0.00000352. The molecule has 0 bridgehead atoms. The van der Waals surface area contributed by atoms with Crippen LogP contribution in [0.3, 0.4) is 0 Å². The SMILES string of the molecule is C=C.C=C(/C=C\C(=C)C(=C)/C(F)=C\C(=C)OC)/C=C/c1ccc(O)c(F)c1F. The van der Waals surface area contributed by atoms with Crippen molar-refractivity contribution in [3.8, 4) is 5.75 Å². The van der Waals surface area contributed by atoms with Crippen molar-refractivity contribution in [1.82, 2.24) is 0 Å². The molecule has 1 aromatic carbocycles. The number of rotatable bonds is 8. The minimum absolute atomic E-state index is 0.0443. The molecule has 0 radical (unpaired) electrons. The predicted molar refractivity (Wildman–Crippen MR) is 110 cm³/mol. The summed E-state index contributed by atoms with van der Waals surface area (Å²) in [6.45, 7) is 20.5. The summed E-state index contributed by atoms with van der Waals surface area (Å²) in [6.07, 6.45) is 6.80. The summed E-state index contributed by atoms with van der Waals surface area (Å²) in [7, 11) is 1.36. The third kappa shape index (κ3) is 7.41. The van der Waals surface area contributed by atoms with Gasteiger partial charge in [0.2, 0.25) is 5.82 Å². The van der Waals surface area contributed by atoms with E-state index < -0.39 is 23.2 Å². The van der Waals surface area contributed by atoms with Crippen LogP contribution in [0.1, 0.15) is 5.56 Å². The van der Waals surface area contributed by atoms with Crippen molar-refractivity contribution in [1.29, 1.82) is 0 Å². The zero-order valence-corrected chi connectivity index (χ0v) is 15.8. The van der Waals surface area contributed by atoms with Crippen molar-refractivity contribution >= 4 is 6.08 Å². The molecule has 0 amide bonds. The molecule has 0 atom stereocenters. The average molecular weight is 388 g/mol. The van der Waals surface area contributed by atoms with E-state index in [1.165, 1.54) is 37.5 Å². The normalized spacial score (nSPS) is 11.1. The Morgan fingerprint density at radius 3 is 2.18 bits per heavy atom. The van der Waals surface area contributed by atoms with E-state index in [1.54, 1.807) is 0 Å². The fourth-order valence-electron chi connectivity index (χ4n) is 1.68. The number of hydrogen-bond acceptors (Lipinski definition) is 2. The van der Waals surface area contributed by atoms with Gasteiger partial charge in [-0.15, -0.1) is 13.2 Å². The van der Waals surface area contributed by atoms with Crippen LogP contribution in [0.5, 0.6) is 5.75 Å². The number of ether oxygens (including phenoxy) is 1. The molecule has 0 saturated heterocycles. The lowest BCUT2D eigenvalue weighted by Crippen LogP contribution is -1.89. The van der Waals surface area contributed by atoms with Gasteiger partial charge in [0.15, 0.2) is 11.6 Å². The molecule has 0 aliphatic carbocycles. The highest BCUT2D eigenvalue weighted by atomic mass is 19.2. The first-order valence-electron chi connectivity index (χ1n) is 7.88. The smallest absolute Gasteiger partial charge is 0.200 e. The Labute approximate surface area is 164 Å². The van der Waals surface area contributed by atoms with E-state index in [4.69, 9.17) is 9.84 Å². The molecule has 1 aromatic rings. The third-order valence-electron chi connectivity index (χ3n) is 3.29. The highest BCUT2D eigenvalue weighted by Crippen LogP contribution is 2.23. The summed E-state index contributed by atoms with van der Waals surface area (Å²) in [6, 6.07) is 2.27. The fraction of sp³-hybridized carbons (Fsp3) is 0.0435. The van der Waals surface area contributed by atoms with Gasteiger partial charge in [0.05, 0.1) is 7.11 Å².